The number of methoxy groups -OCH3 is 1. The molecule has 0 aliphatic carbocycles. The van der Waals surface area contributed by atoms with Crippen LogP contribution in [0.4, 0.5) is 8.78 Å². The number of rotatable bonds is 10. The molecule has 0 aliphatic rings. The van der Waals surface area contributed by atoms with Gasteiger partial charge in [0.15, 0.2) is 0 Å². The summed E-state index contributed by atoms with van der Waals surface area (Å²) in [5.74, 6) is 0.193. The maximum atomic E-state index is 12.0. The first-order valence-corrected chi connectivity index (χ1v) is 6.46. The third kappa shape index (κ3) is 7.74. The van der Waals surface area contributed by atoms with Crippen LogP contribution in [0, 0.1) is 0 Å². The van der Waals surface area contributed by atoms with Gasteiger partial charge in [0.2, 0.25) is 0 Å². The Morgan fingerprint density at radius 3 is 2.47 bits per heavy atom. The van der Waals surface area contributed by atoms with E-state index in [0.29, 0.717) is 0 Å². The minimum atomic E-state index is -2.77. The monoisotopic (exact) mass is 273 g/mol. The Morgan fingerprint density at radius 2 is 1.84 bits per heavy atom. The lowest BCUT2D eigenvalue weighted by molar-refractivity contribution is -0.0498. The maximum Gasteiger partial charge on any atom is 0.387 e. The van der Waals surface area contributed by atoms with Gasteiger partial charge in [-0.1, -0.05) is 12.1 Å². The second-order valence-corrected chi connectivity index (χ2v) is 4.25. The molecule has 108 valence electrons. The van der Waals surface area contributed by atoms with Crippen LogP contribution in [0.1, 0.15) is 24.8 Å². The molecule has 0 saturated carbocycles. The number of halogens is 2. The molecule has 0 fully saturated rings. The van der Waals surface area contributed by atoms with E-state index in [0.717, 1.165) is 44.5 Å². The molecule has 0 atom stereocenters. The van der Waals surface area contributed by atoms with Gasteiger partial charge in [0.25, 0.3) is 0 Å². The van der Waals surface area contributed by atoms with Gasteiger partial charge >= 0.3 is 6.61 Å². The molecule has 0 saturated heterocycles. The van der Waals surface area contributed by atoms with E-state index >= 15 is 0 Å². The van der Waals surface area contributed by atoms with Crippen LogP contribution in [0.15, 0.2) is 24.3 Å². The lowest BCUT2D eigenvalue weighted by atomic mass is 10.2. The zero-order chi connectivity index (χ0) is 13.9. The highest BCUT2D eigenvalue weighted by Crippen LogP contribution is 2.14. The van der Waals surface area contributed by atoms with Gasteiger partial charge in [-0.15, -0.1) is 0 Å². The van der Waals surface area contributed by atoms with Crippen molar-refractivity contribution in [2.75, 3.05) is 20.3 Å². The molecule has 0 unspecified atom stereocenters. The van der Waals surface area contributed by atoms with Crippen LogP contribution in [0.3, 0.4) is 0 Å². The average Bonchev–Trinajstić information content (AvgIpc) is 2.39. The molecule has 1 aromatic carbocycles. The molecule has 0 aliphatic heterocycles. The van der Waals surface area contributed by atoms with E-state index in [1.807, 2.05) is 0 Å². The van der Waals surface area contributed by atoms with Crippen LogP contribution in [0.2, 0.25) is 0 Å². The first-order chi connectivity index (χ1) is 9.22. The highest BCUT2D eigenvalue weighted by molar-refractivity contribution is 5.27. The van der Waals surface area contributed by atoms with Crippen LogP contribution >= 0.6 is 0 Å². The molecule has 0 amide bonds. The van der Waals surface area contributed by atoms with Crippen LogP contribution in [-0.4, -0.2) is 26.9 Å². The van der Waals surface area contributed by atoms with Crippen molar-refractivity contribution in [1.29, 1.82) is 0 Å². The molecule has 1 rings (SSSR count). The maximum absolute atomic E-state index is 12.0. The quantitative estimate of drug-likeness (QED) is 0.664. The Balaban J connectivity index is 2.12. The zero-order valence-corrected chi connectivity index (χ0v) is 11.2. The SMILES string of the molecule is COCCCCCNCc1ccc(OC(F)F)cc1. The summed E-state index contributed by atoms with van der Waals surface area (Å²) in [7, 11) is 1.71. The van der Waals surface area contributed by atoms with Crippen molar-refractivity contribution in [2.24, 2.45) is 0 Å². The summed E-state index contributed by atoms with van der Waals surface area (Å²) in [6.45, 7) is -0.278. The largest absolute Gasteiger partial charge is 0.435 e. The fourth-order valence-electron chi connectivity index (χ4n) is 1.69. The van der Waals surface area contributed by atoms with Gasteiger partial charge in [-0.3, -0.25) is 0 Å². The zero-order valence-electron chi connectivity index (χ0n) is 11.2. The third-order valence-electron chi connectivity index (χ3n) is 2.68. The highest BCUT2D eigenvalue weighted by atomic mass is 19.3. The number of hydrogen-bond acceptors (Lipinski definition) is 3. The molecule has 0 bridgehead atoms. The van der Waals surface area contributed by atoms with Crippen molar-refractivity contribution < 1.29 is 18.3 Å². The molecule has 1 aromatic rings. The van der Waals surface area contributed by atoms with Crippen LogP contribution < -0.4 is 10.1 Å². The number of benzene rings is 1. The van der Waals surface area contributed by atoms with E-state index in [-0.39, 0.29) is 5.75 Å². The van der Waals surface area contributed by atoms with Gasteiger partial charge in [-0.25, -0.2) is 0 Å². The fraction of sp³-hybridized carbons (Fsp3) is 0.571. The summed E-state index contributed by atoms with van der Waals surface area (Å²) in [6, 6.07) is 6.69. The molecular weight excluding hydrogens is 252 g/mol. The first kappa shape index (κ1) is 15.9. The second kappa shape index (κ2) is 9.69. The number of nitrogens with one attached hydrogen (secondary N) is 1. The normalized spacial score (nSPS) is 10.9. The summed E-state index contributed by atoms with van der Waals surface area (Å²) in [5, 5.41) is 3.31. The van der Waals surface area contributed by atoms with Crippen molar-refractivity contribution in [3.8, 4) is 5.75 Å². The Morgan fingerprint density at radius 1 is 1.11 bits per heavy atom. The predicted octanol–water partition coefficient (Wildman–Crippen LogP) is 3.19. The Hall–Kier alpha value is -1.20. The smallest absolute Gasteiger partial charge is 0.387 e. The van der Waals surface area contributed by atoms with E-state index in [2.05, 4.69) is 10.1 Å². The van der Waals surface area contributed by atoms with E-state index in [1.54, 1.807) is 31.4 Å². The van der Waals surface area contributed by atoms with Gasteiger partial charge in [-0.2, -0.15) is 8.78 Å². The molecule has 3 nitrogen and oxygen atoms in total. The van der Waals surface area contributed by atoms with E-state index in [1.165, 1.54) is 0 Å². The third-order valence-corrected chi connectivity index (χ3v) is 2.68. The van der Waals surface area contributed by atoms with Gasteiger partial charge in [0, 0.05) is 20.3 Å². The lowest BCUT2D eigenvalue weighted by Crippen LogP contribution is -2.14. The topological polar surface area (TPSA) is 30.5 Å². The lowest BCUT2D eigenvalue weighted by Gasteiger charge is -2.07. The number of alkyl halides is 2. The van der Waals surface area contributed by atoms with Gasteiger partial charge in [0.05, 0.1) is 0 Å². The number of unbranched alkanes of at least 4 members (excludes halogenated alkanes) is 2. The Bertz CT molecular complexity index is 331. The minimum Gasteiger partial charge on any atom is -0.435 e. The van der Waals surface area contributed by atoms with Gasteiger partial charge < -0.3 is 14.8 Å². The van der Waals surface area contributed by atoms with Crippen molar-refractivity contribution in [2.45, 2.75) is 32.4 Å². The van der Waals surface area contributed by atoms with Crippen LogP contribution in [0.25, 0.3) is 0 Å². The fourth-order valence-corrected chi connectivity index (χ4v) is 1.69. The number of hydrogen-bond donors (Lipinski definition) is 1. The van der Waals surface area contributed by atoms with Crippen LogP contribution in [-0.2, 0) is 11.3 Å². The molecule has 1 N–H and O–H groups in total. The molecule has 0 aromatic heterocycles. The summed E-state index contributed by atoms with van der Waals surface area (Å²) in [6.07, 6.45) is 3.33. The number of ether oxygens (including phenoxy) is 2. The van der Waals surface area contributed by atoms with Gasteiger partial charge in [-0.05, 0) is 43.5 Å². The predicted molar refractivity (Wildman–Crippen MR) is 70.5 cm³/mol. The standard InChI is InChI=1S/C14H21F2NO2/c1-18-10-4-2-3-9-17-11-12-5-7-13(8-6-12)19-14(15)16/h5-8,14,17H,2-4,9-11H2,1H3. The summed E-state index contributed by atoms with van der Waals surface area (Å²) in [5.41, 5.74) is 1.05. The average molecular weight is 273 g/mol. The Labute approximate surface area is 112 Å². The van der Waals surface area contributed by atoms with E-state index in [4.69, 9.17) is 4.74 Å². The second-order valence-electron chi connectivity index (χ2n) is 4.25. The molecule has 0 spiro atoms. The Kier molecular flexibility index (Phi) is 8.09. The van der Waals surface area contributed by atoms with Crippen molar-refractivity contribution in [1.82, 2.24) is 5.32 Å². The molecular formula is C14H21F2NO2. The minimum absolute atomic E-state index is 0.193. The molecule has 5 heteroatoms. The van der Waals surface area contributed by atoms with Crippen LogP contribution in [0.5, 0.6) is 5.75 Å². The summed E-state index contributed by atoms with van der Waals surface area (Å²) >= 11 is 0. The van der Waals surface area contributed by atoms with Crippen molar-refractivity contribution >= 4 is 0 Å². The molecule has 0 heterocycles. The van der Waals surface area contributed by atoms with E-state index in [9.17, 15) is 8.78 Å². The van der Waals surface area contributed by atoms with Crippen molar-refractivity contribution in [3.05, 3.63) is 29.8 Å². The molecule has 0 radical (unpaired) electrons. The van der Waals surface area contributed by atoms with E-state index < -0.39 is 6.61 Å². The first-order valence-electron chi connectivity index (χ1n) is 6.46. The summed E-state index contributed by atoms with van der Waals surface area (Å²) < 4.78 is 33.2. The highest BCUT2D eigenvalue weighted by Gasteiger charge is 2.03. The van der Waals surface area contributed by atoms with Crippen molar-refractivity contribution in [3.63, 3.8) is 0 Å². The van der Waals surface area contributed by atoms with Gasteiger partial charge in [0.1, 0.15) is 5.75 Å². The molecule has 19 heavy (non-hydrogen) atoms. The summed E-state index contributed by atoms with van der Waals surface area (Å²) in [4.78, 5) is 0.